The van der Waals surface area contributed by atoms with Crippen molar-refractivity contribution in [3.8, 4) is 0 Å². The van der Waals surface area contributed by atoms with E-state index in [0.717, 1.165) is 58.6 Å². The van der Waals surface area contributed by atoms with E-state index in [2.05, 4.69) is 31.9 Å². The number of allylic oxidation sites excluding steroid dienone is 4. The van der Waals surface area contributed by atoms with E-state index in [9.17, 15) is 9.59 Å². The summed E-state index contributed by atoms with van der Waals surface area (Å²) in [5.41, 5.74) is 1.95. The van der Waals surface area contributed by atoms with E-state index < -0.39 is 0 Å². The number of hydrogen-bond donors (Lipinski definition) is 0. The number of carbonyl (C=O) groups excluding carboxylic acids is 2. The quantitative estimate of drug-likeness (QED) is 0.659. The lowest BCUT2D eigenvalue weighted by Crippen LogP contribution is -1.98. The van der Waals surface area contributed by atoms with Crippen molar-refractivity contribution in [2.24, 2.45) is 0 Å². The molecule has 2 aliphatic carbocycles. The maximum Gasteiger partial charge on any atom is 0.160 e. The fourth-order valence-electron chi connectivity index (χ4n) is 2.51. The summed E-state index contributed by atoms with van der Waals surface area (Å²) in [5.74, 6) is 0.582. The molecule has 18 heavy (non-hydrogen) atoms. The molecule has 0 fully saturated rings. The zero-order chi connectivity index (χ0) is 13.1. The average Bonchev–Trinajstić information content (AvgIpc) is 2.82. The largest absolute Gasteiger partial charge is 0.295 e. The molecule has 0 N–H and O–H groups in total. The Balaban J connectivity index is 1.77. The first-order valence-electron chi connectivity index (χ1n) is 6.41. The Morgan fingerprint density at radius 3 is 1.39 bits per heavy atom. The van der Waals surface area contributed by atoms with E-state index >= 15 is 0 Å². The van der Waals surface area contributed by atoms with Gasteiger partial charge in [0.05, 0.1) is 0 Å². The second-order valence-corrected chi connectivity index (χ2v) is 6.73. The van der Waals surface area contributed by atoms with E-state index in [4.69, 9.17) is 0 Å². The molecule has 0 atom stereocenters. The van der Waals surface area contributed by atoms with Crippen LogP contribution in [0.3, 0.4) is 0 Å². The molecule has 0 unspecified atom stereocenters. The molecule has 0 amide bonds. The minimum Gasteiger partial charge on any atom is -0.295 e. The maximum absolute atomic E-state index is 11.6. The number of carbonyl (C=O) groups is 2. The second kappa shape index (κ2) is 6.29. The van der Waals surface area contributed by atoms with Crippen LogP contribution in [0, 0.1) is 0 Å². The van der Waals surface area contributed by atoms with Crippen LogP contribution in [-0.4, -0.2) is 11.6 Å². The normalized spacial score (nSPS) is 20.6. The first kappa shape index (κ1) is 14.2. The van der Waals surface area contributed by atoms with Crippen LogP contribution < -0.4 is 0 Å². The minimum atomic E-state index is 0.291. The summed E-state index contributed by atoms with van der Waals surface area (Å²) in [6.07, 6.45) is 6.69. The van der Waals surface area contributed by atoms with E-state index in [1.165, 1.54) is 0 Å². The summed E-state index contributed by atoms with van der Waals surface area (Å²) in [6, 6.07) is 0. The van der Waals surface area contributed by atoms with Gasteiger partial charge in [-0.2, -0.15) is 0 Å². The molecule has 2 nitrogen and oxygen atoms in total. The standard InChI is InChI=1S/C14H16Br2O2/c15-11-5-7-13(17)9(11)3-1-2-4-10-12(16)6-8-14(10)18/h1-8H2. The SMILES string of the molecule is O=C1CCC(Br)=C1CCCCC1=C(Br)CCC1=O. The third kappa shape index (κ3) is 3.21. The lowest BCUT2D eigenvalue weighted by Gasteiger charge is -2.04. The zero-order valence-electron chi connectivity index (χ0n) is 10.2. The summed E-state index contributed by atoms with van der Waals surface area (Å²) in [5, 5.41) is 0. The Labute approximate surface area is 124 Å². The van der Waals surface area contributed by atoms with Crippen LogP contribution in [0.2, 0.25) is 0 Å². The van der Waals surface area contributed by atoms with Crippen LogP contribution in [0.25, 0.3) is 0 Å². The van der Waals surface area contributed by atoms with Gasteiger partial charge in [-0.05, 0) is 38.5 Å². The highest BCUT2D eigenvalue weighted by Crippen LogP contribution is 2.33. The van der Waals surface area contributed by atoms with Gasteiger partial charge >= 0.3 is 0 Å². The summed E-state index contributed by atoms with van der Waals surface area (Å²) in [7, 11) is 0. The lowest BCUT2D eigenvalue weighted by molar-refractivity contribution is -0.115. The molecule has 0 heterocycles. The molecule has 0 aliphatic heterocycles. The molecule has 4 heteroatoms. The summed E-state index contributed by atoms with van der Waals surface area (Å²) < 4.78 is 2.18. The number of hydrogen-bond acceptors (Lipinski definition) is 2. The number of rotatable bonds is 5. The van der Waals surface area contributed by atoms with Crippen LogP contribution in [0.5, 0.6) is 0 Å². The highest BCUT2D eigenvalue weighted by molar-refractivity contribution is 9.12. The number of Topliss-reactive ketones (excluding diaryl/α,β-unsaturated/α-hetero) is 2. The van der Waals surface area contributed by atoms with Crippen molar-refractivity contribution in [1.82, 2.24) is 0 Å². The van der Waals surface area contributed by atoms with Crippen LogP contribution in [0.15, 0.2) is 20.1 Å². The molecule has 0 saturated carbocycles. The fourth-order valence-corrected chi connectivity index (χ4v) is 3.74. The van der Waals surface area contributed by atoms with Crippen LogP contribution in [0.4, 0.5) is 0 Å². The first-order chi connectivity index (χ1) is 8.59. The van der Waals surface area contributed by atoms with Crippen molar-refractivity contribution in [1.29, 1.82) is 0 Å². The van der Waals surface area contributed by atoms with Gasteiger partial charge in [-0.1, -0.05) is 31.9 Å². The highest BCUT2D eigenvalue weighted by atomic mass is 79.9. The topological polar surface area (TPSA) is 34.1 Å². The number of halogens is 2. The zero-order valence-corrected chi connectivity index (χ0v) is 13.4. The first-order valence-corrected chi connectivity index (χ1v) is 7.99. The monoisotopic (exact) mass is 374 g/mol. The van der Waals surface area contributed by atoms with Gasteiger partial charge in [0.15, 0.2) is 11.6 Å². The van der Waals surface area contributed by atoms with Crippen LogP contribution in [0.1, 0.15) is 51.4 Å². The van der Waals surface area contributed by atoms with Gasteiger partial charge in [-0.15, -0.1) is 0 Å². The van der Waals surface area contributed by atoms with Crippen molar-refractivity contribution >= 4 is 43.4 Å². The maximum atomic E-state index is 11.6. The highest BCUT2D eigenvalue weighted by Gasteiger charge is 2.22. The van der Waals surface area contributed by atoms with Gasteiger partial charge in [-0.3, -0.25) is 9.59 Å². The number of unbranched alkanes of at least 4 members (excludes halogenated alkanes) is 1. The molecular formula is C14H16Br2O2. The van der Waals surface area contributed by atoms with Gasteiger partial charge < -0.3 is 0 Å². The van der Waals surface area contributed by atoms with E-state index in [1.54, 1.807) is 0 Å². The van der Waals surface area contributed by atoms with Gasteiger partial charge in [0.25, 0.3) is 0 Å². The second-order valence-electron chi connectivity index (χ2n) is 4.82. The van der Waals surface area contributed by atoms with Crippen LogP contribution >= 0.6 is 31.9 Å². The van der Waals surface area contributed by atoms with Crippen molar-refractivity contribution in [3.05, 3.63) is 20.1 Å². The minimum absolute atomic E-state index is 0.291. The van der Waals surface area contributed by atoms with Gasteiger partial charge in [-0.25, -0.2) is 0 Å². The van der Waals surface area contributed by atoms with E-state index in [0.29, 0.717) is 24.4 Å². The van der Waals surface area contributed by atoms with E-state index in [-0.39, 0.29) is 0 Å². The smallest absolute Gasteiger partial charge is 0.160 e. The summed E-state index contributed by atoms with van der Waals surface area (Å²) in [6.45, 7) is 0. The molecule has 0 aromatic rings. The molecule has 2 aliphatic rings. The van der Waals surface area contributed by atoms with Crippen molar-refractivity contribution < 1.29 is 9.59 Å². The Hall–Kier alpha value is -0.220. The third-order valence-electron chi connectivity index (χ3n) is 3.57. The molecule has 0 spiro atoms. The molecule has 98 valence electrons. The predicted octanol–water partition coefficient (Wildman–Crippen LogP) is 4.57. The Morgan fingerprint density at radius 2 is 1.11 bits per heavy atom. The molecule has 0 radical (unpaired) electrons. The number of ketones is 2. The lowest BCUT2D eigenvalue weighted by atomic mass is 10.0. The van der Waals surface area contributed by atoms with Crippen molar-refractivity contribution in [2.45, 2.75) is 51.4 Å². The summed E-state index contributed by atoms with van der Waals surface area (Å²) >= 11 is 6.94. The summed E-state index contributed by atoms with van der Waals surface area (Å²) in [4.78, 5) is 23.2. The fraction of sp³-hybridized carbons (Fsp3) is 0.571. The molecule has 2 rings (SSSR count). The Kier molecular flexibility index (Phi) is 4.96. The molecule has 0 aromatic carbocycles. The van der Waals surface area contributed by atoms with Crippen molar-refractivity contribution in [3.63, 3.8) is 0 Å². The molecule has 0 saturated heterocycles. The Bertz CT molecular complexity index is 405. The molecule has 0 aromatic heterocycles. The van der Waals surface area contributed by atoms with Gasteiger partial charge in [0.1, 0.15) is 0 Å². The van der Waals surface area contributed by atoms with E-state index in [1.807, 2.05) is 0 Å². The molecule has 0 bridgehead atoms. The van der Waals surface area contributed by atoms with Gasteiger partial charge in [0, 0.05) is 33.0 Å². The van der Waals surface area contributed by atoms with Gasteiger partial charge in [0.2, 0.25) is 0 Å². The average molecular weight is 376 g/mol. The molecular weight excluding hydrogens is 360 g/mol. The third-order valence-corrected chi connectivity index (χ3v) is 5.32. The predicted molar refractivity (Wildman–Crippen MR) is 78.9 cm³/mol. The van der Waals surface area contributed by atoms with Crippen LogP contribution in [-0.2, 0) is 9.59 Å². The van der Waals surface area contributed by atoms with Crippen molar-refractivity contribution in [2.75, 3.05) is 0 Å². The Morgan fingerprint density at radius 1 is 0.722 bits per heavy atom.